The number of aryl methyl sites for hydroxylation is 1. The van der Waals surface area contributed by atoms with Crippen LogP contribution in [0.3, 0.4) is 0 Å². The molecule has 0 amide bonds. The summed E-state index contributed by atoms with van der Waals surface area (Å²) >= 11 is 1.43. The van der Waals surface area contributed by atoms with Gasteiger partial charge in [0.1, 0.15) is 11.6 Å². The van der Waals surface area contributed by atoms with E-state index in [0.29, 0.717) is 22.6 Å². The monoisotopic (exact) mass is 380 g/mol. The van der Waals surface area contributed by atoms with E-state index in [2.05, 4.69) is 25.1 Å². The first-order valence-corrected chi connectivity index (χ1v) is 9.04. The van der Waals surface area contributed by atoms with Gasteiger partial charge in [-0.1, -0.05) is 30.0 Å². The van der Waals surface area contributed by atoms with Gasteiger partial charge in [0.05, 0.1) is 17.6 Å². The number of hydrogen-bond acceptors (Lipinski definition) is 9. The van der Waals surface area contributed by atoms with E-state index >= 15 is 0 Å². The van der Waals surface area contributed by atoms with Crippen molar-refractivity contribution in [1.29, 1.82) is 0 Å². The number of hydrogen-bond donors (Lipinski definition) is 2. The van der Waals surface area contributed by atoms with E-state index in [4.69, 9.17) is 15.9 Å². The number of nitrogens with two attached hydrogens (primary N) is 2. The van der Waals surface area contributed by atoms with E-state index in [1.165, 1.54) is 11.8 Å². The second-order valence-corrected chi connectivity index (χ2v) is 6.57. The topological polar surface area (TPSA) is 135 Å². The number of benzene rings is 1. The summed E-state index contributed by atoms with van der Waals surface area (Å²) in [4.78, 5) is 12.0. The van der Waals surface area contributed by atoms with E-state index in [0.717, 1.165) is 17.0 Å². The van der Waals surface area contributed by atoms with E-state index in [9.17, 15) is 0 Å². The average Bonchev–Trinajstić information content (AvgIpc) is 3.25. The molecule has 10 heteroatoms. The molecule has 0 aliphatic carbocycles. The molecule has 0 unspecified atom stereocenters. The van der Waals surface area contributed by atoms with Gasteiger partial charge in [-0.2, -0.15) is 15.0 Å². The number of thioether (sulfide) groups is 1. The summed E-state index contributed by atoms with van der Waals surface area (Å²) in [7, 11) is 0. The number of rotatable bonds is 5. The van der Waals surface area contributed by atoms with E-state index in [-0.39, 0.29) is 11.9 Å². The van der Waals surface area contributed by atoms with E-state index in [1.54, 1.807) is 6.26 Å². The third-order valence-corrected chi connectivity index (χ3v) is 4.72. The second kappa shape index (κ2) is 7.08. The molecule has 27 heavy (non-hydrogen) atoms. The van der Waals surface area contributed by atoms with Gasteiger partial charge in [0.15, 0.2) is 11.0 Å². The van der Waals surface area contributed by atoms with Gasteiger partial charge in [-0.25, -0.2) is 0 Å². The van der Waals surface area contributed by atoms with Crippen molar-refractivity contribution in [1.82, 2.24) is 29.7 Å². The number of nitrogens with zero attached hydrogens (tertiary/aromatic N) is 6. The second-order valence-electron chi connectivity index (χ2n) is 5.62. The van der Waals surface area contributed by atoms with Crippen LogP contribution < -0.4 is 11.5 Å². The number of furan rings is 1. The molecule has 3 aromatic heterocycles. The molecule has 0 saturated carbocycles. The molecular formula is C17H16N8OS. The summed E-state index contributed by atoms with van der Waals surface area (Å²) in [6, 6.07) is 11.7. The summed E-state index contributed by atoms with van der Waals surface area (Å²) in [6.45, 7) is 1.89. The number of anilines is 2. The standard InChI is InChI=1S/C17H16N8OS/c1-10-12(7-8-26-10)14-23-24-17(25(14)11-5-3-2-4-6-11)27-9-13-20-15(18)22-16(19)21-13/h2-8H,9H2,1H3,(H4,18,19,20,21,22). The van der Waals surface area contributed by atoms with Crippen LogP contribution in [-0.4, -0.2) is 29.7 Å². The molecule has 0 bridgehead atoms. The molecule has 0 fully saturated rings. The first kappa shape index (κ1) is 17.0. The molecule has 3 heterocycles. The Labute approximate surface area is 158 Å². The molecule has 4 N–H and O–H groups in total. The summed E-state index contributed by atoms with van der Waals surface area (Å²) in [5.74, 6) is 2.56. The minimum Gasteiger partial charge on any atom is -0.469 e. The van der Waals surface area contributed by atoms with Crippen LogP contribution >= 0.6 is 11.8 Å². The Balaban J connectivity index is 1.72. The summed E-state index contributed by atoms with van der Waals surface area (Å²) < 4.78 is 7.40. The lowest BCUT2D eigenvalue weighted by molar-refractivity contribution is 0.535. The highest BCUT2D eigenvalue weighted by Gasteiger charge is 2.19. The molecule has 0 aliphatic heterocycles. The van der Waals surface area contributed by atoms with Crippen LogP contribution in [0.2, 0.25) is 0 Å². The lowest BCUT2D eigenvalue weighted by Gasteiger charge is -2.09. The lowest BCUT2D eigenvalue weighted by Crippen LogP contribution is -2.06. The lowest BCUT2D eigenvalue weighted by atomic mass is 10.2. The quantitative estimate of drug-likeness (QED) is 0.500. The van der Waals surface area contributed by atoms with Gasteiger partial charge in [0.25, 0.3) is 0 Å². The first-order chi connectivity index (χ1) is 13.1. The first-order valence-electron chi connectivity index (χ1n) is 8.06. The number of para-hydroxylation sites is 1. The molecule has 0 atom stereocenters. The maximum absolute atomic E-state index is 5.64. The molecule has 9 nitrogen and oxygen atoms in total. The molecule has 0 aliphatic rings. The van der Waals surface area contributed by atoms with Crippen molar-refractivity contribution in [2.75, 3.05) is 11.5 Å². The third-order valence-electron chi connectivity index (χ3n) is 3.79. The van der Waals surface area contributed by atoms with Crippen LogP contribution in [-0.2, 0) is 5.75 Å². The van der Waals surface area contributed by atoms with Gasteiger partial charge in [-0.3, -0.25) is 4.57 Å². The fourth-order valence-corrected chi connectivity index (χ4v) is 3.42. The smallest absolute Gasteiger partial charge is 0.225 e. The van der Waals surface area contributed by atoms with Gasteiger partial charge in [-0.05, 0) is 25.1 Å². The maximum atomic E-state index is 5.64. The Morgan fingerprint density at radius 1 is 1.00 bits per heavy atom. The molecule has 4 aromatic rings. The molecule has 0 spiro atoms. The molecular weight excluding hydrogens is 364 g/mol. The van der Waals surface area contributed by atoms with Crippen LogP contribution in [0, 0.1) is 6.92 Å². The zero-order chi connectivity index (χ0) is 18.8. The van der Waals surface area contributed by atoms with Crippen molar-refractivity contribution >= 4 is 23.7 Å². The van der Waals surface area contributed by atoms with Crippen molar-refractivity contribution in [3.05, 3.63) is 54.2 Å². The normalized spacial score (nSPS) is 11.0. The minimum absolute atomic E-state index is 0.0948. The van der Waals surface area contributed by atoms with Gasteiger partial charge in [0, 0.05) is 5.69 Å². The minimum atomic E-state index is 0.0948. The van der Waals surface area contributed by atoms with E-state index < -0.39 is 0 Å². The summed E-state index contributed by atoms with van der Waals surface area (Å²) in [6.07, 6.45) is 1.64. The summed E-state index contributed by atoms with van der Waals surface area (Å²) in [5, 5.41) is 9.41. The van der Waals surface area contributed by atoms with Gasteiger partial charge in [-0.15, -0.1) is 10.2 Å². The van der Waals surface area contributed by atoms with Crippen LogP contribution in [0.15, 0.2) is 52.2 Å². The van der Waals surface area contributed by atoms with Crippen LogP contribution in [0.4, 0.5) is 11.9 Å². The van der Waals surface area contributed by atoms with Gasteiger partial charge < -0.3 is 15.9 Å². The van der Waals surface area contributed by atoms with Crippen molar-refractivity contribution in [2.45, 2.75) is 17.8 Å². The Morgan fingerprint density at radius 3 is 2.41 bits per heavy atom. The highest BCUT2D eigenvalue weighted by Crippen LogP contribution is 2.31. The Bertz CT molecular complexity index is 1060. The maximum Gasteiger partial charge on any atom is 0.225 e. The summed E-state index contributed by atoms with van der Waals surface area (Å²) in [5.41, 5.74) is 13.1. The van der Waals surface area contributed by atoms with E-state index in [1.807, 2.05) is 47.9 Å². The Hall–Kier alpha value is -3.40. The SMILES string of the molecule is Cc1occc1-c1nnc(SCc2nc(N)nc(N)n2)n1-c1ccccc1. The van der Waals surface area contributed by atoms with Crippen molar-refractivity contribution in [3.8, 4) is 17.1 Å². The fourth-order valence-electron chi connectivity index (χ4n) is 2.62. The Morgan fingerprint density at radius 2 is 1.74 bits per heavy atom. The van der Waals surface area contributed by atoms with Crippen molar-refractivity contribution in [3.63, 3.8) is 0 Å². The highest BCUT2D eigenvalue weighted by molar-refractivity contribution is 7.98. The Kier molecular flexibility index (Phi) is 4.47. The van der Waals surface area contributed by atoms with Crippen molar-refractivity contribution in [2.24, 2.45) is 0 Å². The zero-order valence-corrected chi connectivity index (χ0v) is 15.2. The van der Waals surface area contributed by atoms with Gasteiger partial charge in [0.2, 0.25) is 11.9 Å². The van der Waals surface area contributed by atoms with Crippen LogP contribution in [0.1, 0.15) is 11.6 Å². The average molecular weight is 380 g/mol. The molecule has 0 radical (unpaired) electrons. The zero-order valence-electron chi connectivity index (χ0n) is 14.4. The van der Waals surface area contributed by atoms with Crippen molar-refractivity contribution < 1.29 is 4.42 Å². The molecule has 1 aromatic carbocycles. The third kappa shape index (κ3) is 3.47. The molecule has 4 rings (SSSR count). The van der Waals surface area contributed by atoms with Gasteiger partial charge >= 0.3 is 0 Å². The van der Waals surface area contributed by atoms with Crippen LogP contribution in [0.25, 0.3) is 17.1 Å². The van der Waals surface area contributed by atoms with Crippen LogP contribution in [0.5, 0.6) is 0 Å². The predicted octanol–water partition coefficient (Wildman–Crippen LogP) is 2.48. The molecule has 0 saturated heterocycles. The predicted molar refractivity (Wildman–Crippen MR) is 102 cm³/mol. The fraction of sp³-hybridized carbons (Fsp3) is 0.118. The number of aromatic nitrogens is 6. The number of nitrogen functional groups attached to an aromatic ring is 2. The highest BCUT2D eigenvalue weighted by atomic mass is 32.2. The largest absolute Gasteiger partial charge is 0.469 e. The molecule has 136 valence electrons.